The van der Waals surface area contributed by atoms with Gasteiger partial charge in [-0.2, -0.15) is 0 Å². The Bertz CT molecular complexity index is 1390. The van der Waals surface area contributed by atoms with Crippen molar-refractivity contribution < 1.29 is 18.4 Å². The zero-order valence-corrected chi connectivity index (χ0v) is 19.5. The maximum atomic E-state index is 14.2. The number of carbonyl (C=O) groups excluding carboxylic acids is 2. The van der Waals surface area contributed by atoms with E-state index in [0.717, 1.165) is 31.5 Å². The summed E-state index contributed by atoms with van der Waals surface area (Å²) in [5.74, 6) is -0.204. The van der Waals surface area contributed by atoms with Crippen LogP contribution in [0.4, 0.5) is 14.9 Å². The Morgan fingerprint density at radius 3 is 2.50 bits per heavy atom. The lowest BCUT2D eigenvalue weighted by atomic mass is 10.1. The summed E-state index contributed by atoms with van der Waals surface area (Å²) >= 11 is 0. The van der Waals surface area contributed by atoms with E-state index in [1.54, 1.807) is 47.4 Å². The van der Waals surface area contributed by atoms with Gasteiger partial charge in [0.15, 0.2) is 5.76 Å². The van der Waals surface area contributed by atoms with Gasteiger partial charge >= 0.3 is 6.03 Å². The van der Waals surface area contributed by atoms with Gasteiger partial charge < -0.3 is 20.0 Å². The zero-order chi connectivity index (χ0) is 24.9. The quantitative estimate of drug-likeness (QED) is 0.367. The molecule has 7 nitrogen and oxygen atoms in total. The van der Waals surface area contributed by atoms with Gasteiger partial charge in [-0.1, -0.05) is 36.4 Å². The van der Waals surface area contributed by atoms with Gasteiger partial charge in [0.25, 0.3) is 5.91 Å². The summed E-state index contributed by atoms with van der Waals surface area (Å²) in [7, 11) is 0. The van der Waals surface area contributed by atoms with Crippen LogP contribution in [0.3, 0.4) is 0 Å². The SMILES string of the molecule is O=C(NCc1cccc(NC(=O)N2CCCC2)c1)c1ccccc1-c1ncc(-c2ccccc2F)o1. The molecular weight excluding hydrogens is 459 g/mol. The average Bonchev–Trinajstić information content (AvgIpc) is 3.61. The summed E-state index contributed by atoms with van der Waals surface area (Å²) in [6.45, 7) is 1.81. The summed E-state index contributed by atoms with van der Waals surface area (Å²) in [5, 5.41) is 5.84. The van der Waals surface area contributed by atoms with Crippen molar-refractivity contribution in [3.05, 3.63) is 95.9 Å². The van der Waals surface area contributed by atoms with Gasteiger partial charge in [-0.3, -0.25) is 4.79 Å². The first-order valence-corrected chi connectivity index (χ1v) is 11.8. The predicted molar refractivity (Wildman–Crippen MR) is 135 cm³/mol. The number of halogens is 1. The molecule has 1 aliphatic rings. The molecule has 0 aliphatic carbocycles. The summed E-state index contributed by atoms with van der Waals surface area (Å²) in [6.07, 6.45) is 3.50. The van der Waals surface area contributed by atoms with Gasteiger partial charge in [0.05, 0.1) is 17.3 Å². The Morgan fingerprint density at radius 2 is 1.69 bits per heavy atom. The number of amides is 3. The summed E-state index contributed by atoms with van der Waals surface area (Å²) in [6, 6.07) is 20.5. The maximum Gasteiger partial charge on any atom is 0.321 e. The van der Waals surface area contributed by atoms with Crippen LogP contribution >= 0.6 is 0 Å². The highest BCUT2D eigenvalue weighted by molar-refractivity contribution is 6.00. The Morgan fingerprint density at radius 1 is 0.944 bits per heavy atom. The molecule has 0 radical (unpaired) electrons. The number of hydrogen-bond donors (Lipinski definition) is 2. The van der Waals surface area contributed by atoms with Crippen LogP contribution in [0.1, 0.15) is 28.8 Å². The molecule has 1 aromatic heterocycles. The van der Waals surface area contributed by atoms with Crippen molar-refractivity contribution in [3.63, 3.8) is 0 Å². The standard InChI is InChI=1S/C28H25FN4O3/c29-24-13-4-3-12-23(24)25-18-31-27(36-25)22-11-2-1-10-21(22)26(34)30-17-19-8-7-9-20(16-19)32-28(35)33-14-5-6-15-33/h1-4,7-13,16,18H,5-6,14-15,17H2,(H,30,34)(H,32,35). The number of urea groups is 1. The first-order valence-electron chi connectivity index (χ1n) is 11.8. The molecule has 2 N–H and O–H groups in total. The largest absolute Gasteiger partial charge is 0.436 e. The number of nitrogens with zero attached hydrogens (tertiary/aromatic N) is 2. The first-order chi connectivity index (χ1) is 17.6. The highest BCUT2D eigenvalue weighted by Crippen LogP contribution is 2.29. The molecule has 36 heavy (non-hydrogen) atoms. The van der Waals surface area contributed by atoms with Crippen LogP contribution in [0.15, 0.2) is 83.4 Å². The Hall–Kier alpha value is -4.46. The van der Waals surface area contributed by atoms with Crippen molar-refractivity contribution in [1.29, 1.82) is 0 Å². The highest BCUT2D eigenvalue weighted by Gasteiger charge is 2.19. The maximum absolute atomic E-state index is 14.2. The fourth-order valence-corrected chi connectivity index (χ4v) is 4.21. The highest BCUT2D eigenvalue weighted by atomic mass is 19.1. The molecule has 1 saturated heterocycles. The van der Waals surface area contributed by atoms with E-state index >= 15 is 0 Å². The molecular formula is C28H25FN4O3. The number of anilines is 1. The first kappa shape index (κ1) is 23.3. The fourth-order valence-electron chi connectivity index (χ4n) is 4.21. The van der Waals surface area contributed by atoms with E-state index in [1.807, 2.05) is 24.3 Å². The fraction of sp³-hybridized carbons (Fsp3) is 0.179. The van der Waals surface area contributed by atoms with Crippen LogP contribution in [0.25, 0.3) is 22.8 Å². The monoisotopic (exact) mass is 484 g/mol. The topological polar surface area (TPSA) is 87.5 Å². The minimum Gasteiger partial charge on any atom is -0.436 e. The molecule has 0 spiro atoms. The van der Waals surface area contributed by atoms with Gasteiger partial charge in [0.1, 0.15) is 5.82 Å². The van der Waals surface area contributed by atoms with E-state index in [0.29, 0.717) is 22.4 Å². The van der Waals surface area contributed by atoms with E-state index in [2.05, 4.69) is 15.6 Å². The van der Waals surface area contributed by atoms with Gasteiger partial charge in [-0.05, 0) is 54.8 Å². The molecule has 1 aliphatic heterocycles. The van der Waals surface area contributed by atoms with Crippen molar-refractivity contribution in [2.75, 3.05) is 18.4 Å². The van der Waals surface area contributed by atoms with E-state index in [4.69, 9.17) is 4.42 Å². The van der Waals surface area contributed by atoms with E-state index in [-0.39, 0.29) is 30.1 Å². The summed E-state index contributed by atoms with van der Waals surface area (Å²) < 4.78 is 20.0. The Labute approximate surface area is 208 Å². The number of likely N-dealkylation sites (tertiary alicyclic amines) is 1. The average molecular weight is 485 g/mol. The van der Waals surface area contributed by atoms with E-state index in [9.17, 15) is 14.0 Å². The predicted octanol–water partition coefficient (Wildman–Crippen LogP) is 5.71. The Kier molecular flexibility index (Phi) is 6.75. The lowest BCUT2D eigenvalue weighted by molar-refractivity contribution is 0.0951. The Balaban J connectivity index is 1.28. The van der Waals surface area contributed by atoms with Crippen LogP contribution in [0, 0.1) is 5.82 Å². The third-order valence-electron chi connectivity index (χ3n) is 6.07. The van der Waals surface area contributed by atoms with Crippen molar-refractivity contribution in [1.82, 2.24) is 15.2 Å². The van der Waals surface area contributed by atoms with E-state index in [1.165, 1.54) is 12.3 Å². The van der Waals surface area contributed by atoms with Crippen LogP contribution in [-0.4, -0.2) is 34.9 Å². The molecule has 0 atom stereocenters. The number of nitrogens with one attached hydrogen (secondary N) is 2. The molecule has 3 aromatic carbocycles. The molecule has 8 heteroatoms. The van der Waals surface area contributed by atoms with Gasteiger partial charge in [-0.15, -0.1) is 0 Å². The van der Waals surface area contributed by atoms with Gasteiger partial charge in [0, 0.05) is 30.9 Å². The molecule has 0 bridgehead atoms. The second-order valence-electron chi connectivity index (χ2n) is 8.56. The van der Waals surface area contributed by atoms with Gasteiger partial charge in [-0.25, -0.2) is 14.2 Å². The molecule has 2 heterocycles. The number of carbonyl (C=O) groups is 2. The second-order valence-corrected chi connectivity index (χ2v) is 8.56. The van der Waals surface area contributed by atoms with Crippen molar-refractivity contribution in [2.24, 2.45) is 0 Å². The molecule has 3 amide bonds. The number of aromatic nitrogens is 1. The summed E-state index contributed by atoms with van der Waals surface area (Å²) in [4.78, 5) is 31.5. The van der Waals surface area contributed by atoms with Crippen LogP contribution in [-0.2, 0) is 6.54 Å². The molecule has 0 saturated carbocycles. The number of benzene rings is 3. The van der Waals surface area contributed by atoms with Crippen LogP contribution in [0.5, 0.6) is 0 Å². The minimum atomic E-state index is -0.412. The third kappa shape index (κ3) is 5.12. The van der Waals surface area contributed by atoms with Crippen molar-refractivity contribution >= 4 is 17.6 Å². The van der Waals surface area contributed by atoms with E-state index < -0.39 is 5.82 Å². The number of rotatable bonds is 6. The normalized spacial score (nSPS) is 13.0. The zero-order valence-electron chi connectivity index (χ0n) is 19.5. The minimum absolute atomic E-state index is 0.108. The number of oxazole rings is 1. The van der Waals surface area contributed by atoms with Crippen molar-refractivity contribution in [2.45, 2.75) is 19.4 Å². The molecule has 4 aromatic rings. The van der Waals surface area contributed by atoms with Gasteiger partial charge in [0.2, 0.25) is 5.89 Å². The lowest BCUT2D eigenvalue weighted by Crippen LogP contribution is -2.32. The summed E-state index contributed by atoms with van der Waals surface area (Å²) in [5.41, 5.74) is 2.72. The lowest BCUT2D eigenvalue weighted by Gasteiger charge is -2.16. The van der Waals surface area contributed by atoms with Crippen molar-refractivity contribution in [3.8, 4) is 22.8 Å². The smallest absolute Gasteiger partial charge is 0.321 e. The molecule has 0 unspecified atom stereocenters. The number of hydrogen-bond acceptors (Lipinski definition) is 4. The third-order valence-corrected chi connectivity index (χ3v) is 6.07. The van der Waals surface area contributed by atoms with Crippen LogP contribution < -0.4 is 10.6 Å². The second kappa shape index (κ2) is 10.4. The molecule has 5 rings (SSSR count). The van der Waals surface area contributed by atoms with Crippen LogP contribution in [0.2, 0.25) is 0 Å². The molecule has 182 valence electrons. The molecule has 1 fully saturated rings.